The molecule has 0 atom stereocenters. The molecule has 0 radical (unpaired) electrons. The van der Waals surface area contributed by atoms with Gasteiger partial charge in [-0.3, -0.25) is 4.99 Å². The maximum Gasteiger partial charge on any atom is 0.191 e. The first-order valence-corrected chi connectivity index (χ1v) is 7.46. The largest absolute Gasteiger partial charge is 0.469 e. The summed E-state index contributed by atoms with van der Waals surface area (Å²) in [6.07, 6.45) is 2.44. The molecule has 1 aromatic carbocycles. The Morgan fingerprint density at radius 2 is 2.12 bits per heavy atom. The standard InChI is InChI=1S/C17H22FN3O2.HI/c1-19-17(20-8-7-15-4-3-9-23-15)21-11-13-5-6-16(18)14(10-13)12-22-2;/h3-6,9-10H,7-8,11-12H2,1-2H3,(H2,19,20,21);1H. The maximum atomic E-state index is 13.6. The van der Waals surface area contributed by atoms with Crippen LogP contribution in [0.2, 0.25) is 0 Å². The Hall–Kier alpha value is -1.61. The number of benzene rings is 1. The van der Waals surface area contributed by atoms with Gasteiger partial charge in [-0.25, -0.2) is 4.39 Å². The van der Waals surface area contributed by atoms with Crippen LogP contribution in [0.3, 0.4) is 0 Å². The summed E-state index contributed by atoms with van der Waals surface area (Å²) in [5.74, 6) is 1.36. The van der Waals surface area contributed by atoms with E-state index < -0.39 is 0 Å². The molecule has 132 valence electrons. The van der Waals surface area contributed by atoms with Gasteiger partial charge in [0.15, 0.2) is 5.96 Å². The molecular weight excluding hydrogens is 424 g/mol. The second-order valence-electron chi connectivity index (χ2n) is 5.04. The molecule has 5 nitrogen and oxygen atoms in total. The quantitative estimate of drug-likeness (QED) is 0.389. The van der Waals surface area contributed by atoms with E-state index in [1.807, 2.05) is 12.1 Å². The highest BCUT2D eigenvalue weighted by atomic mass is 127. The van der Waals surface area contributed by atoms with E-state index in [4.69, 9.17) is 9.15 Å². The number of furan rings is 1. The summed E-state index contributed by atoms with van der Waals surface area (Å²) in [5.41, 5.74) is 1.51. The van der Waals surface area contributed by atoms with Crippen LogP contribution in [-0.4, -0.2) is 26.7 Å². The van der Waals surface area contributed by atoms with Crippen molar-refractivity contribution in [3.63, 3.8) is 0 Å². The zero-order chi connectivity index (χ0) is 16.5. The van der Waals surface area contributed by atoms with Crippen LogP contribution in [0.15, 0.2) is 46.0 Å². The zero-order valence-corrected chi connectivity index (χ0v) is 16.2. The monoisotopic (exact) mass is 447 g/mol. The SMILES string of the molecule is CN=C(NCCc1ccco1)NCc1ccc(F)c(COC)c1.I. The van der Waals surface area contributed by atoms with E-state index in [2.05, 4.69) is 15.6 Å². The van der Waals surface area contributed by atoms with Crippen molar-refractivity contribution in [3.8, 4) is 0 Å². The van der Waals surface area contributed by atoms with Crippen LogP contribution >= 0.6 is 24.0 Å². The number of nitrogens with zero attached hydrogens (tertiary/aromatic N) is 1. The van der Waals surface area contributed by atoms with Crippen molar-refractivity contribution in [2.75, 3.05) is 20.7 Å². The van der Waals surface area contributed by atoms with E-state index in [-0.39, 0.29) is 36.4 Å². The number of hydrogen-bond acceptors (Lipinski definition) is 3. The first-order chi connectivity index (χ1) is 11.2. The number of methoxy groups -OCH3 is 1. The number of hydrogen-bond donors (Lipinski definition) is 2. The fourth-order valence-corrected chi connectivity index (χ4v) is 2.17. The predicted octanol–water partition coefficient (Wildman–Crippen LogP) is 3.09. The molecule has 0 aliphatic rings. The lowest BCUT2D eigenvalue weighted by atomic mass is 10.1. The molecule has 0 fully saturated rings. The first-order valence-electron chi connectivity index (χ1n) is 7.46. The molecule has 0 aliphatic carbocycles. The van der Waals surface area contributed by atoms with Crippen molar-refractivity contribution in [2.45, 2.75) is 19.6 Å². The highest BCUT2D eigenvalue weighted by Gasteiger charge is 2.05. The number of rotatable bonds is 7. The fraction of sp³-hybridized carbons (Fsp3) is 0.353. The number of ether oxygens (including phenoxy) is 1. The number of aliphatic imine (C=N–C) groups is 1. The van der Waals surface area contributed by atoms with Crippen LogP contribution in [-0.2, 0) is 24.3 Å². The molecule has 1 heterocycles. The third-order valence-electron chi connectivity index (χ3n) is 3.34. The topological polar surface area (TPSA) is 58.8 Å². The van der Waals surface area contributed by atoms with Crippen LogP contribution < -0.4 is 10.6 Å². The molecule has 0 amide bonds. The van der Waals surface area contributed by atoms with Crippen molar-refractivity contribution in [2.24, 2.45) is 4.99 Å². The predicted molar refractivity (Wildman–Crippen MR) is 103 cm³/mol. The minimum atomic E-state index is -0.253. The van der Waals surface area contributed by atoms with Gasteiger partial charge >= 0.3 is 0 Å². The average molecular weight is 447 g/mol. The molecule has 7 heteroatoms. The molecular formula is C17H23FIN3O2. The van der Waals surface area contributed by atoms with Gasteiger partial charge in [-0.15, -0.1) is 24.0 Å². The van der Waals surface area contributed by atoms with Crippen LogP contribution in [0, 0.1) is 5.82 Å². The van der Waals surface area contributed by atoms with Crippen molar-refractivity contribution in [1.29, 1.82) is 0 Å². The second-order valence-corrected chi connectivity index (χ2v) is 5.04. The summed E-state index contributed by atoms with van der Waals surface area (Å²) in [4.78, 5) is 4.16. The molecule has 1 aromatic heterocycles. The van der Waals surface area contributed by atoms with E-state index in [0.717, 1.165) is 17.7 Å². The van der Waals surface area contributed by atoms with Gasteiger partial charge in [-0.1, -0.05) is 6.07 Å². The van der Waals surface area contributed by atoms with Crippen LogP contribution in [0.5, 0.6) is 0 Å². The van der Waals surface area contributed by atoms with Gasteiger partial charge in [0.05, 0.1) is 12.9 Å². The molecule has 2 aromatic rings. The Bertz CT molecular complexity index is 633. The lowest BCUT2D eigenvalue weighted by molar-refractivity contribution is 0.181. The van der Waals surface area contributed by atoms with Gasteiger partial charge in [-0.05, 0) is 29.8 Å². The number of guanidine groups is 1. The normalized spacial score (nSPS) is 11.0. The van der Waals surface area contributed by atoms with Gasteiger partial charge in [0.1, 0.15) is 11.6 Å². The second kappa shape index (κ2) is 11.0. The molecule has 0 bridgehead atoms. The molecule has 0 unspecified atom stereocenters. The number of nitrogens with one attached hydrogen (secondary N) is 2. The highest BCUT2D eigenvalue weighted by Crippen LogP contribution is 2.11. The summed E-state index contributed by atoms with van der Waals surface area (Å²) < 4.78 is 23.8. The fourth-order valence-electron chi connectivity index (χ4n) is 2.17. The summed E-state index contributed by atoms with van der Waals surface area (Å²) in [7, 11) is 3.26. The van der Waals surface area contributed by atoms with Gasteiger partial charge in [0.25, 0.3) is 0 Å². The lowest BCUT2D eigenvalue weighted by Crippen LogP contribution is -2.37. The molecule has 2 rings (SSSR count). The zero-order valence-electron chi connectivity index (χ0n) is 13.8. The summed E-state index contributed by atoms with van der Waals surface area (Å²) >= 11 is 0. The number of halogens is 2. The Morgan fingerprint density at radius 3 is 2.79 bits per heavy atom. The summed E-state index contributed by atoms with van der Waals surface area (Å²) in [6, 6.07) is 8.81. The van der Waals surface area contributed by atoms with Crippen LogP contribution in [0.25, 0.3) is 0 Å². The maximum absolute atomic E-state index is 13.6. The average Bonchev–Trinajstić information content (AvgIpc) is 3.07. The first kappa shape index (κ1) is 20.4. The van der Waals surface area contributed by atoms with E-state index >= 15 is 0 Å². The van der Waals surface area contributed by atoms with Gasteiger partial charge in [-0.2, -0.15) is 0 Å². The Balaban J connectivity index is 0.00000288. The minimum Gasteiger partial charge on any atom is -0.469 e. The van der Waals surface area contributed by atoms with E-state index in [1.54, 1.807) is 32.6 Å². The van der Waals surface area contributed by atoms with E-state index in [0.29, 0.717) is 24.6 Å². The van der Waals surface area contributed by atoms with Crippen molar-refractivity contribution in [1.82, 2.24) is 10.6 Å². The van der Waals surface area contributed by atoms with Crippen molar-refractivity contribution < 1.29 is 13.5 Å². The van der Waals surface area contributed by atoms with Gasteiger partial charge < -0.3 is 19.8 Å². The Kier molecular flexibility index (Phi) is 9.39. The van der Waals surface area contributed by atoms with Crippen molar-refractivity contribution >= 4 is 29.9 Å². The Labute approximate surface area is 158 Å². The summed E-state index contributed by atoms with van der Waals surface area (Å²) in [5, 5.41) is 6.41. The highest BCUT2D eigenvalue weighted by molar-refractivity contribution is 14.0. The van der Waals surface area contributed by atoms with E-state index in [1.165, 1.54) is 6.07 Å². The van der Waals surface area contributed by atoms with Gasteiger partial charge in [0, 0.05) is 39.2 Å². The molecule has 24 heavy (non-hydrogen) atoms. The molecule has 0 saturated heterocycles. The molecule has 2 N–H and O–H groups in total. The molecule has 0 saturated carbocycles. The minimum absolute atomic E-state index is 0. The van der Waals surface area contributed by atoms with Crippen LogP contribution in [0.4, 0.5) is 4.39 Å². The van der Waals surface area contributed by atoms with Gasteiger partial charge in [0.2, 0.25) is 0 Å². The van der Waals surface area contributed by atoms with E-state index in [9.17, 15) is 4.39 Å². The summed E-state index contributed by atoms with van der Waals surface area (Å²) in [6.45, 7) is 1.53. The van der Waals surface area contributed by atoms with Crippen molar-refractivity contribution in [3.05, 3.63) is 59.3 Å². The molecule has 0 aliphatic heterocycles. The smallest absolute Gasteiger partial charge is 0.191 e. The third-order valence-corrected chi connectivity index (χ3v) is 3.34. The van der Waals surface area contributed by atoms with Crippen LogP contribution in [0.1, 0.15) is 16.9 Å². The Morgan fingerprint density at radius 1 is 1.29 bits per heavy atom. The third kappa shape index (κ3) is 6.48. The molecule has 0 spiro atoms. The lowest BCUT2D eigenvalue weighted by Gasteiger charge is -2.12.